The maximum absolute atomic E-state index is 9.17. The minimum atomic E-state index is -0.110. The van der Waals surface area contributed by atoms with E-state index in [2.05, 4.69) is 5.32 Å². The molecule has 0 fully saturated rings. The maximum Gasteiger partial charge on any atom is 0.126 e. The largest absolute Gasteiger partial charge is 0.496 e. The van der Waals surface area contributed by atoms with E-state index in [0.29, 0.717) is 22.9 Å². The van der Waals surface area contributed by atoms with Crippen LogP contribution >= 0.6 is 11.6 Å². The molecule has 5 heteroatoms. The van der Waals surface area contributed by atoms with Crippen molar-refractivity contribution in [2.24, 2.45) is 0 Å². The zero-order valence-electron chi connectivity index (χ0n) is 9.94. The molecule has 0 aliphatic rings. The van der Waals surface area contributed by atoms with Gasteiger partial charge in [-0.2, -0.15) is 0 Å². The number of ether oxygens (including phenoxy) is 1. The van der Waals surface area contributed by atoms with Gasteiger partial charge in [-0.3, -0.25) is 0 Å². The summed E-state index contributed by atoms with van der Waals surface area (Å²) in [5.74, 6) is 1.42. The van der Waals surface area contributed by atoms with Crippen LogP contribution in [0.5, 0.6) is 5.75 Å². The van der Waals surface area contributed by atoms with Gasteiger partial charge in [-0.05, 0) is 18.2 Å². The second-order valence-electron chi connectivity index (χ2n) is 3.73. The highest BCUT2D eigenvalue weighted by atomic mass is 35.5. The molecular formula is C13H14ClNO3. The summed E-state index contributed by atoms with van der Waals surface area (Å²) in [6.07, 6.45) is 1.62. The first kappa shape index (κ1) is 12.8. The maximum atomic E-state index is 9.17. The van der Waals surface area contributed by atoms with Crippen LogP contribution in [0.3, 0.4) is 0 Å². The molecule has 0 aliphatic carbocycles. The Morgan fingerprint density at radius 3 is 2.89 bits per heavy atom. The van der Waals surface area contributed by atoms with E-state index in [0.717, 1.165) is 11.4 Å². The lowest BCUT2D eigenvalue weighted by atomic mass is 10.2. The first-order valence-electron chi connectivity index (χ1n) is 5.48. The molecule has 0 saturated heterocycles. The Hall–Kier alpha value is -1.65. The summed E-state index contributed by atoms with van der Waals surface area (Å²) in [5, 5.41) is 12.9. The lowest BCUT2D eigenvalue weighted by molar-refractivity contribution is 0.274. The Morgan fingerprint density at radius 2 is 2.28 bits per heavy atom. The molecule has 4 nitrogen and oxygen atoms in total. The molecule has 96 valence electrons. The Morgan fingerprint density at radius 1 is 1.44 bits per heavy atom. The molecule has 0 spiro atoms. The second kappa shape index (κ2) is 5.80. The Balaban J connectivity index is 2.17. The van der Waals surface area contributed by atoms with Crippen LogP contribution in [0.25, 0.3) is 0 Å². The third-order valence-corrected chi connectivity index (χ3v) is 2.89. The number of benzene rings is 1. The van der Waals surface area contributed by atoms with Gasteiger partial charge in [0, 0.05) is 11.6 Å². The van der Waals surface area contributed by atoms with Crippen LogP contribution in [0.1, 0.15) is 11.3 Å². The van der Waals surface area contributed by atoms with E-state index in [-0.39, 0.29) is 6.61 Å². The molecule has 0 radical (unpaired) electrons. The molecule has 0 unspecified atom stereocenters. The van der Waals surface area contributed by atoms with E-state index >= 15 is 0 Å². The first-order chi connectivity index (χ1) is 8.74. The molecular weight excluding hydrogens is 254 g/mol. The quantitative estimate of drug-likeness (QED) is 0.874. The minimum absolute atomic E-state index is 0.110. The number of furan rings is 1. The van der Waals surface area contributed by atoms with Gasteiger partial charge in [0.1, 0.15) is 11.5 Å². The summed E-state index contributed by atoms with van der Waals surface area (Å²) < 4.78 is 10.4. The number of anilines is 1. The smallest absolute Gasteiger partial charge is 0.126 e. The van der Waals surface area contributed by atoms with E-state index in [9.17, 15) is 5.11 Å². The highest BCUT2D eigenvalue weighted by Crippen LogP contribution is 2.31. The average molecular weight is 268 g/mol. The topological polar surface area (TPSA) is 54.6 Å². The number of nitrogens with one attached hydrogen (secondary N) is 1. The second-order valence-corrected chi connectivity index (χ2v) is 4.14. The van der Waals surface area contributed by atoms with Gasteiger partial charge < -0.3 is 19.6 Å². The van der Waals surface area contributed by atoms with E-state index in [1.165, 1.54) is 0 Å². The summed E-state index contributed by atoms with van der Waals surface area (Å²) in [6.45, 7) is 0.426. The van der Waals surface area contributed by atoms with Crippen molar-refractivity contribution < 1.29 is 14.3 Å². The van der Waals surface area contributed by atoms with Gasteiger partial charge in [0.2, 0.25) is 0 Å². The van der Waals surface area contributed by atoms with Crippen molar-refractivity contribution >= 4 is 17.3 Å². The summed E-state index contributed by atoms with van der Waals surface area (Å²) >= 11 is 6.12. The normalized spacial score (nSPS) is 10.4. The number of aliphatic hydroxyl groups excluding tert-OH is 1. The molecule has 0 amide bonds. The van der Waals surface area contributed by atoms with E-state index in [1.54, 1.807) is 25.5 Å². The monoisotopic (exact) mass is 267 g/mol. The summed E-state index contributed by atoms with van der Waals surface area (Å²) in [6, 6.07) is 7.15. The molecule has 0 saturated carbocycles. The predicted octanol–water partition coefficient (Wildman–Crippen LogP) is 3.05. The lowest BCUT2D eigenvalue weighted by Crippen LogP contribution is -2.01. The van der Waals surface area contributed by atoms with Crippen LogP contribution in [0.15, 0.2) is 34.9 Å². The molecule has 18 heavy (non-hydrogen) atoms. The van der Waals surface area contributed by atoms with Crippen molar-refractivity contribution in [2.75, 3.05) is 12.4 Å². The number of halogens is 1. The zero-order valence-corrected chi connectivity index (χ0v) is 10.7. The highest BCUT2D eigenvalue weighted by molar-refractivity contribution is 6.33. The van der Waals surface area contributed by atoms with Crippen LogP contribution in [0.2, 0.25) is 5.02 Å². The Kier molecular flexibility index (Phi) is 4.12. The van der Waals surface area contributed by atoms with Crippen molar-refractivity contribution in [3.05, 3.63) is 46.9 Å². The number of methoxy groups -OCH3 is 1. The standard InChI is InChI=1S/C13H14ClNO3/c1-17-13-6-12(11(14)5-9(13)8-16)15-7-10-3-2-4-18-10/h2-6,15-16H,7-8H2,1H3. The number of hydrogen-bond donors (Lipinski definition) is 2. The van der Waals surface area contributed by atoms with Crippen molar-refractivity contribution in [3.63, 3.8) is 0 Å². The Bertz CT molecular complexity index is 511. The molecule has 1 aromatic heterocycles. The fraction of sp³-hybridized carbons (Fsp3) is 0.231. The highest BCUT2D eigenvalue weighted by Gasteiger charge is 2.09. The number of rotatable bonds is 5. The van der Waals surface area contributed by atoms with Gasteiger partial charge in [0.05, 0.1) is 37.2 Å². The summed E-state index contributed by atoms with van der Waals surface area (Å²) in [4.78, 5) is 0. The molecule has 2 rings (SSSR count). The van der Waals surface area contributed by atoms with E-state index in [1.807, 2.05) is 12.1 Å². The van der Waals surface area contributed by atoms with E-state index < -0.39 is 0 Å². The van der Waals surface area contributed by atoms with Gasteiger partial charge in [-0.1, -0.05) is 11.6 Å². The van der Waals surface area contributed by atoms with Crippen molar-refractivity contribution in [3.8, 4) is 5.75 Å². The van der Waals surface area contributed by atoms with Crippen LogP contribution < -0.4 is 10.1 Å². The van der Waals surface area contributed by atoms with Gasteiger partial charge >= 0.3 is 0 Å². The predicted molar refractivity (Wildman–Crippen MR) is 70.0 cm³/mol. The molecule has 1 heterocycles. The third-order valence-electron chi connectivity index (χ3n) is 2.57. The van der Waals surface area contributed by atoms with Gasteiger partial charge in [0.25, 0.3) is 0 Å². The van der Waals surface area contributed by atoms with Gasteiger partial charge in [-0.15, -0.1) is 0 Å². The van der Waals surface area contributed by atoms with Crippen LogP contribution in [0.4, 0.5) is 5.69 Å². The molecule has 0 aliphatic heterocycles. The fourth-order valence-corrected chi connectivity index (χ4v) is 1.89. The van der Waals surface area contributed by atoms with Gasteiger partial charge in [-0.25, -0.2) is 0 Å². The number of aliphatic hydroxyl groups is 1. The van der Waals surface area contributed by atoms with Crippen LogP contribution in [-0.4, -0.2) is 12.2 Å². The lowest BCUT2D eigenvalue weighted by Gasteiger charge is -2.12. The summed E-state index contributed by atoms with van der Waals surface area (Å²) in [7, 11) is 1.55. The zero-order chi connectivity index (χ0) is 13.0. The fourth-order valence-electron chi connectivity index (χ4n) is 1.64. The third kappa shape index (κ3) is 2.78. The number of hydrogen-bond acceptors (Lipinski definition) is 4. The summed E-state index contributed by atoms with van der Waals surface area (Å²) in [5.41, 5.74) is 1.40. The molecule has 2 N–H and O–H groups in total. The first-order valence-corrected chi connectivity index (χ1v) is 5.86. The van der Waals surface area contributed by atoms with Crippen molar-refractivity contribution in [1.29, 1.82) is 0 Å². The SMILES string of the molecule is COc1cc(NCc2ccco2)c(Cl)cc1CO. The van der Waals surface area contributed by atoms with Crippen LogP contribution in [0, 0.1) is 0 Å². The molecule has 0 atom stereocenters. The minimum Gasteiger partial charge on any atom is -0.496 e. The van der Waals surface area contributed by atoms with E-state index in [4.69, 9.17) is 20.8 Å². The molecule has 2 aromatic rings. The van der Waals surface area contributed by atoms with Gasteiger partial charge in [0.15, 0.2) is 0 Å². The Labute approximate surface area is 110 Å². The molecule has 0 bridgehead atoms. The molecule has 1 aromatic carbocycles. The van der Waals surface area contributed by atoms with Crippen molar-refractivity contribution in [2.45, 2.75) is 13.2 Å². The average Bonchev–Trinajstić information content (AvgIpc) is 2.90. The van der Waals surface area contributed by atoms with Crippen molar-refractivity contribution in [1.82, 2.24) is 0 Å². The van der Waals surface area contributed by atoms with Crippen LogP contribution in [-0.2, 0) is 13.2 Å².